The number of amides is 1. The minimum Gasteiger partial charge on any atom is -0.497 e. The number of nitrogens with one attached hydrogen (secondary N) is 2. The molecule has 0 spiro atoms. The molecule has 0 saturated heterocycles. The van der Waals surface area contributed by atoms with Crippen LogP contribution in [-0.2, 0) is 0 Å². The molecule has 0 unspecified atom stereocenters. The highest BCUT2D eigenvalue weighted by Crippen LogP contribution is 2.19. The van der Waals surface area contributed by atoms with Crippen LogP contribution in [-0.4, -0.2) is 18.0 Å². The molecule has 25 heavy (non-hydrogen) atoms. The Kier molecular flexibility index (Phi) is 4.89. The molecule has 0 radical (unpaired) electrons. The summed E-state index contributed by atoms with van der Waals surface area (Å²) in [6.45, 7) is 0. The van der Waals surface area contributed by atoms with Gasteiger partial charge in [-0.2, -0.15) is 0 Å². The number of carbonyl (C=O) groups is 1. The maximum Gasteiger partial charge on any atom is 0.255 e. The molecular weight excluding hydrogens is 321 g/mol. The standard InChI is InChI=1S/C19H16FN3O2/c1-25-17-9-6-15(7-10-17)22-18-11-8-16(12-21-18)23-19(24)13-2-4-14(20)5-3-13/h2-12H,1H3,(H,21,22)(H,23,24). The van der Waals surface area contributed by atoms with Crippen LogP contribution in [0.25, 0.3) is 0 Å². The topological polar surface area (TPSA) is 63.2 Å². The summed E-state index contributed by atoms with van der Waals surface area (Å²) in [5.74, 6) is 0.715. The molecule has 2 aromatic carbocycles. The smallest absolute Gasteiger partial charge is 0.255 e. The minimum absolute atomic E-state index is 0.322. The maximum absolute atomic E-state index is 12.9. The Morgan fingerprint density at radius 3 is 2.24 bits per heavy atom. The van der Waals surface area contributed by atoms with Gasteiger partial charge in [-0.15, -0.1) is 0 Å². The monoisotopic (exact) mass is 337 g/mol. The van der Waals surface area contributed by atoms with Crippen molar-refractivity contribution in [2.75, 3.05) is 17.7 Å². The lowest BCUT2D eigenvalue weighted by atomic mass is 10.2. The third kappa shape index (κ3) is 4.32. The van der Waals surface area contributed by atoms with Gasteiger partial charge in [-0.05, 0) is 60.7 Å². The summed E-state index contributed by atoms with van der Waals surface area (Å²) < 4.78 is 18.0. The van der Waals surface area contributed by atoms with Crippen LogP contribution in [0.15, 0.2) is 66.9 Å². The zero-order valence-corrected chi connectivity index (χ0v) is 13.5. The lowest BCUT2D eigenvalue weighted by molar-refractivity contribution is 0.102. The SMILES string of the molecule is COc1ccc(Nc2ccc(NC(=O)c3ccc(F)cc3)cn2)cc1. The van der Waals surface area contributed by atoms with E-state index in [9.17, 15) is 9.18 Å². The van der Waals surface area contributed by atoms with E-state index >= 15 is 0 Å². The van der Waals surface area contributed by atoms with E-state index in [1.807, 2.05) is 24.3 Å². The van der Waals surface area contributed by atoms with E-state index in [2.05, 4.69) is 15.6 Å². The Hall–Kier alpha value is -3.41. The molecule has 3 aromatic rings. The summed E-state index contributed by atoms with van der Waals surface area (Å²) in [6, 6.07) is 16.3. The number of nitrogens with zero attached hydrogens (tertiary/aromatic N) is 1. The third-order valence-corrected chi connectivity index (χ3v) is 3.49. The Labute approximate surface area is 144 Å². The Morgan fingerprint density at radius 2 is 1.64 bits per heavy atom. The molecule has 3 rings (SSSR count). The van der Waals surface area contributed by atoms with Gasteiger partial charge in [0.1, 0.15) is 17.4 Å². The van der Waals surface area contributed by atoms with Gasteiger partial charge in [0.2, 0.25) is 0 Å². The van der Waals surface area contributed by atoms with Gasteiger partial charge in [-0.3, -0.25) is 4.79 Å². The zero-order chi connectivity index (χ0) is 17.6. The first-order valence-electron chi connectivity index (χ1n) is 7.58. The minimum atomic E-state index is -0.382. The second-order valence-electron chi connectivity index (χ2n) is 5.25. The van der Waals surface area contributed by atoms with Gasteiger partial charge in [0.15, 0.2) is 0 Å². The number of halogens is 1. The molecule has 1 amide bonds. The molecule has 1 heterocycles. The fourth-order valence-corrected chi connectivity index (χ4v) is 2.17. The van der Waals surface area contributed by atoms with E-state index < -0.39 is 0 Å². The van der Waals surface area contributed by atoms with Crippen molar-refractivity contribution in [1.29, 1.82) is 0 Å². The summed E-state index contributed by atoms with van der Waals surface area (Å²) in [4.78, 5) is 16.3. The van der Waals surface area contributed by atoms with E-state index in [-0.39, 0.29) is 11.7 Å². The van der Waals surface area contributed by atoms with Crippen molar-refractivity contribution in [3.63, 3.8) is 0 Å². The van der Waals surface area contributed by atoms with Gasteiger partial charge in [0.05, 0.1) is 19.0 Å². The zero-order valence-electron chi connectivity index (χ0n) is 13.5. The predicted octanol–water partition coefficient (Wildman–Crippen LogP) is 4.23. The fourth-order valence-electron chi connectivity index (χ4n) is 2.17. The molecule has 0 bridgehead atoms. The molecule has 0 atom stereocenters. The summed E-state index contributed by atoms with van der Waals surface area (Å²) in [5, 5.41) is 5.87. The maximum atomic E-state index is 12.9. The van der Waals surface area contributed by atoms with Crippen LogP contribution in [0.2, 0.25) is 0 Å². The van der Waals surface area contributed by atoms with Crippen molar-refractivity contribution >= 4 is 23.1 Å². The van der Waals surface area contributed by atoms with Gasteiger partial charge in [-0.1, -0.05) is 0 Å². The second kappa shape index (κ2) is 7.44. The molecule has 5 nitrogen and oxygen atoms in total. The van der Waals surface area contributed by atoms with Gasteiger partial charge in [0.25, 0.3) is 5.91 Å². The number of pyridine rings is 1. The van der Waals surface area contributed by atoms with Crippen molar-refractivity contribution in [3.8, 4) is 5.75 Å². The van der Waals surface area contributed by atoms with Crippen molar-refractivity contribution < 1.29 is 13.9 Å². The van der Waals surface area contributed by atoms with Gasteiger partial charge < -0.3 is 15.4 Å². The lowest BCUT2D eigenvalue weighted by Gasteiger charge is -2.08. The second-order valence-corrected chi connectivity index (χ2v) is 5.25. The molecule has 0 saturated carbocycles. The molecule has 0 aliphatic rings. The number of hydrogen-bond donors (Lipinski definition) is 2. The molecule has 6 heteroatoms. The van der Waals surface area contributed by atoms with E-state index in [1.165, 1.54) is 24.3 Å². The largest absolute Gasteiger partial charge is 0.497 e. The molecular formula is C19H16FN3O2. The van der Waals surface area contributed by atoms with Crippen LogP contribution in [0.3, 0.4) is 0 Å². The fraction of sp³-hybridized carbons (Fsp3) is 0.0526. The first-order chi connectivity index (χ1) is 12.1. The average molecular weight is 337 g/mol. The normalized spacial score (nSPS) is 10.2. The summed E-state index contributed by atoms with van der Waals surface area (Å²) in [6.07, 6.45) is 1.55. The molecule has 0 aliphatic heterocycles. The highest BCUT2D eigenvalue weighted by molar-refractivity contribution is 6.04. The molecule has 0 fully saturated rings. The Balaban J connectivity index is 1.63. The van der Waals surface area contributed by atoms with Gasteiger partial charge in [-0.25, -0.2) is 9.37 Å². The summed E-state index contributed by atoms with van der Waals surface area (Å²) in [5.41, 5.74) is 1.80. The Morgan fingerprint density at radius 1 is 0.960 bits per heavy atom. The van der Waals surface area contributed by atoms with Crippen molar-refractivity contribution in [2.45, 2.75) is 0 Å². The van der Waals surface area contributed by atoms with Crippen LogP contribution in [0.1, 0.15) is 10.4 Å². The van der Waals surface area contributed by atoms with Crippen LogP contribution < -0.4 is 15.4 Å². The number of aromatic nitrogens is 1. The highest BCUT2D eigenvalue weighted by Gasteiger charge is 2.06. The van der Waals surface area contributed by atoms with Crippen molar-refractivity contribution in [3.05, 3.63) is 78.2 Å². The molecule has 126 valence electrons. The lowest BCUT2D eigenvalue weighted by Crippen LogP contribution is -2.12. The number of hydrogen-bond acceptors (Lipinski definition) is 4. The van der Waals surface area contributed by atoms with E-state index in [1.54, 1.807) is 25.4 Å². The number of carbonyl (C=O) groups excluding carboxylic acids is 1. The van der Waals surface area contributed by atoms with Gasteiger partial charge in [0, 0.05) is 11.3 Å². The van der Waals surface area contributed by atoms with E-state index in [0.29, 0.717) is 17.1 Å². The number of anilines is 3. The van der Waals surface area contributed by atoms with Crippen LogP contribution >= 0.6 is 0 Å². The van der Waals surface area contributed by atoms with Crippen molar-refractivity contribution in [1.82, 2.24) is 4.98 Å². The number of rotatable bonds is 5. The van der Waals surface area contributed by atoms with Crippen LogP contribution in [0.4, 0.5) is 21.6 Å². The molecule has 1 aromatic heterocycles. The number of methoxy groups -OCH3 is 1. The predicted molar refractivity (Wildman–Crippen MR) is 94.9 cm³/mol. The Bertz CT molecular complexity index is 847. The summed E-state index contributed by atoms with van der Waals surface area (Å²) in [7, 11) is 1.61. The summed E-state index contributed by atoms with van der Waals surface area (Å²) >= 11 is 0. The van der Waals surface area contributed by atoms with Crippen LogP contribution in [0, 0.1) is 5.82 Å². The quantitative estimate of drug-likeness (QED) is 0.731. The van der Waals surface area contributed by atoms with E-state index in [0.717, 1.165) is 11.4 Å². The average Bonchev–Trinajstić information content (AvgIpc) is 2.64. The van der Waals surface area contributed by atoms with E-state index in [4.69, 9.17) is 4.74 Å². The first kappa shape index (κ1) is 16.4. The number of benzene rings is 2. The highest BCUT2D eigenvalue weighted by atomic mass is 19.1. The molecule has 0 aliphatic carbocycles. The van der Waals surface area contributed by atoms with Crippen molar-refractivity contribution in [2.24, 2.45) is 0 Å². The first-order valence-corrected chi connectivity index (χ1v) is 7.58. The number of ether oxygens (including phenoxy) is 1. The van der Waals surface area contributed by atoms with Gasteiger partial charge >= 0.3 is 0 Å². The van der Waals surface area contributed by atoms with Crippen LogP contribution in [0.5, 0.6) is 5.75 Å². The molecule has 2 N–H and O–H groups in total. The third-order valence-electron chi connectivity index (χ3n) is 3.49.